The summed E-state index contributed by atoms with van der Waals surface area (Å²) in [7, 11) is 4.17. The quantitative estimate of drug-likeness (QED) is 0.860. The van der Waals surface area contributed by atoms with E-state index in [4.69, 9.17) is 9.72 Å². The van der Waals surface area contributed by atoms with E-state index in [-0.39, 0.29) is 6.10 Å². The van der Waals surface area contributed by atoms with E-state index in [0.717, 1.165) is 55.2 Å². The summed E-state index contributed by atoms with van der Waals surface area (Å²) in [5, 5.41) is 0. The fourth-order valence-electron chi connectivity index (χ4n) is 2.93. The highest BCUT2D eigenvalue weighted by atomic mass is 16.5. The summed E-state index contributed by atoms with van der Waals surface area (Å²) >= 11 is 0. The number of likely N-dealkylation sites (N-methyl/N-ethyl adjacent to an activating group) is 1. The van der Waals surface area contributed by atoms with Crippen molar-refractivity contribution in [3.05, 3.63) is 35.7 Å². The van der Waals surface area contributed by atoms with Crippen molar-refractivity contribution >= 4 is 11.0 Å². The third-order valence-corrected chi connectivity index (χ3v) is 4.01. The second-order valence-electron chi connectivity index (χ2n) is 6.23. The minimum absolute atomic E-state index is 0.275. The molecule has 1 atom stereocenters. The van der Waals surface area contributed by atoms with Crippen LogP contribution in [0.2, 0.25) is 0 Å². The summed E-state index contributed by atoms with van der Waals surface area (Å²) < 4.78 is 5.84. The van der Waals surface area contributed by atoms with E-state index >= 15 is 0 Å². The van der Waals surface area contributed by atoms with Crippen molar-refractivity contribution < 1.29 is 4.74 Å². The summed E-state index contributed by atoms with van der Waals surface area (Å²) in [5.74, 6) is 0. The Kier molecular flexibility index (Phi) is 4.66. The molecule has 1 aromatic carbocycles. The van der Waals surface area contributed by atoms with Crippen LogP contribution >= 0.6 is 0 Å². The highest BCUT2D eigenvalue weighted by molar-refractivity contribution is 5.74. The van der Waals surface area contributed by atoms with Gasteiger partial charge in [-0.2, -0.15) is 0 Å². The van der Waals surface area contributed by atoms with Crippen molar-refractivity contribution in [2.75, 3.05) is 40.3 Å². The molecular weight excluding hydrogens is 276 g/mol. The highest BCUT2D eigenvalue weighted by Crippen LogP contribution is 2.15. The van der Waals surface area contributed by atoms with Gasteiger partial charge in [-0.3, -0.25) is 4.90 Å². The summed E-state index contributed by atoms with van der Waals surface area (Å²) in [6.45, 7) is 6.55. The second-order valence-corrected chi connectivity index (χ2v) is 6.23. The number of benzene rings is 1. The first kappa shape index (κ1) is 15.3. The molecule has 3 rings (SSSR count). The Morgan fingerprint density at radius 2 is 1.95 bits per heavy atom. The third-order valence-electron chi connectivity index (χ3n) is 4.01. The Balaban J connectivity index is 1.73. The summed E-state index contributed by atoms with van der Waals surface area (Å²) in [6, 6.07) is 8.06. The van der Waals surface area contributed by atoms with Gasteiger partial charge in [0.25, 0.3) is 0 Å². The topological polar surface area (TPSA) is 41.5 Å². The largest absolute Gasteiger partial charge is 0.374 e. The number of hydrogen-bond acceptors (Lipinski definition) is 5. The fourth-order valence-corrected chi connectivity index (χ4v) is 2.93. The van der Waals surface area contributed by atoms with Crippen LogP contribution in [0.15, 0.2) is 24.3 Å². The van der Waals surface area contributed by atoms with Gasteiger partial charge in [0.1, 0.15) is 0 Å². The number of fused-ring (bicyclic) bond motifs is 1. The van der Waals surface area contributed by atoms with Crippen LogP contribution in [-0.4, -0.2) is 66.2 Å². The molecule has 0 saturated carbocycles. The van der Waals surface area contributed by atoms with Crippen molar-refractivity contribution in [1.29, 1.82) is 0 Å². The first-order valence-electron chi connectivity index (χ1n) is 7.83. The number of aryl methyl sites for hydroxylation is 1. The van der Waals surface area contributed by atoms with Crippen molar-refractivity contribution in [2.45, 2.75) is 19.6 Å². The van der Waals surface area contributed by atoms with E-state index in [1.165, 1.54) is 0 Å². The predicted octanol–water partition coefficient (Wildman–Crippen LogP) is 1.70. The number of aromatic nitrogens is 2. The highest BCUT2D eigenvalue weighted by Gasteiger charge is 2.22. The van der Waals surface area contributed by atoms with E-state index in [2.05, 4.69) is 28.9 Å². The van der Waals surface area contributed by atoms with Crippen LogP contribution in [0, 0.1) is 6.92 Å². The van der Waals surface area contributed by atoms with E-state index in [9.17, 15) is 0 Å². The fraction of sp³-hybridized carbons (Fsp3) is 0.529. The second kappa shape index (κ2) is 6.69. The number of nitrogens with zero attached hydrogens (tertiary/aromatic N) is 4. The minimum Gasteiger partial charge on any atom is -0.374 e. The maximum atomic E-state index is 5.84. The number of rotatable bonds is 4. The van der Waals surface area contributed by atoms with Gasteiger partial charge in [0.2, 0.25) is 0 Å². The molecule has 118 valence electrons. The first-order chi connectivity index (χ1) is 10.6. The SMILES string of the molecule is Cc1nc2ccccc2nc1CN1CCO[C@H](CN(C)C)C1. The van der Waals surface area contributed by atoms with Gasteiger partial charge in [0.15, 0.2) is 0 Å². The van der Waals surface area contributed by atoms with Crippen molar-refractivity contribution in [2.24, 2.45) is 0 Å². The molecule has 2 heterocycles. The van der Waals surface area contributed by atoms with Crippen molar-refractivity contribution in [3.63, 3.8) is 0 Å². The van der Waals surface area contributed by atoms with Gasteiger partial charge < -0.3 is 9.64 Å². The third kappa shape index (κ3) is 3.61. The van der Waals surface area contributed by atoms with E-state index in [1.807, 2.05) is 31.2 Å². The Hall–Kier alpha value is -1.56. The number of ether oxygens (including phenoxy) is 1. The lowest BCUT2D eigenvalue weighted by Crippen LogP contribution is -2.46. The molecule has 5 nitrogen and oxygen atoms in total. The lowest BCUT2D eigenvalue weighted by molar-refractivity contribution is -0.0410. The molecule has 0 bridgehead atoms. The molecule has 22 heavy (non-hydrogen) atoms. The van der Waals surface area contributed by atoms with Crippen molar-refractivity contribution in [3.8, 4) is 0 Å². The van der Waals surface area contributed by atoms with Crippen LogP contribution in [0.4, 0.5) is 0 Å². The standard InChI is InChI=1S/C17H24N4O/c1-13-17(19-16-7-5-4-6-15(16)18-13)12-21-8-9-22-14(11-21)10-20(2)3/h4-7,14H,8-12H2,1-3H3/t14-/m1/s1. The minimum atomic E-state index is 0.275. The molecule has 1 aliphatic rings. The van der Waals surface area contributed by atoms with Crippen LogP contribution in [-0.2, 0) is 11.3 Å². The van der Waals surface area contributed by atoms with Gasteiger partial charge in [-0.05, 0) is 33.2 Å². The maximum absolute atomic E-state index is 5.84. The molecule has 0 amide bonds. The molecule has 1 fully saturated rings. The molecule has 1 aliphatic heterocycles. The molecule has 2 aromatic rings. The Morgan fingerprint density at radius 1 is 1.23 bits per heavy atom. The van der Waals surface area contributed by atoms with Gasteiger partial charge >= 0.3 is 0 Å². The number of morpholine rings is 1. The number of para-hydroxylation sites is 2. The van der Waals surface area contributed by atoms with E-state index in [0.29, 0.717) is 0 Å². The van der Waals surface area contributed by atoms with Gasteiger partial charge in [0, 0.05) is 26.2 Å². The zero-order valence-electron chi connectivity index (χ0n) is 13.6. The van der Waals surface area contributed by atoms with Crippen LogP contribution in [0.1, 0.15) is 11.4 Å². The Bertz CT molecular complexity index is 644. The number of hydrogen-bond donors (Lipinski definition) is 0. The molecule has 1 saturated heterocycles. The lowest BCUT2D eigenvalue weighted by atomic mass is 10.2. The van der Waals surface area contributed by atoms with Crippen LogP contribution < -0.4 is 0 Å². The lowest BCUT2D eigenvalue weighted by Gasteiger charge is -2.34. The smallest absolute Gasteiger partial charge is 0.0890 e. The van der Waals surface area contributed by atoms with Crippen molar-refractivity contribution in [1.82, 2.24) is 19.8 Å². The van der Waals surface area contributed by atoms with Crippen LogP contribution in [0.25, 0.3) is 11.0 Å². The molecule has 0 radical (unpaired) electrons. The molecule has 0 unspecified atom stereocenters. The average molecular weight is 300 g/mol. The van der Waals surface area contributed by atoms with Crippen LogP contribution in [0.5, 0.6) is 0 Å². The molecule has 5 heteroatoms. The van der Waals surface area contributed by atoms with E-state index < -0.39 is 0 Å². The normalized spacial score (nSPS) is 19.9. The first-order valence-corrected chi connectivity index (χ1v) is 7.83. The Labute approximate surface area is 131 Å². The van der Waals surface area contributed by atoms with Gasteiger partial charge in [0.05, 0.1) is 35.1 Å². The Morgan fingerprint density at radius 3 is 2.68 bits per heavy atom. The van der Waals surface area contributed by atoms with Gasteiger partial charge in [-0.1, -0.05) is 12.1 Å². The molecule has 1 aromatic heterocycles. The van der Waals surface area contributed by atoms with Gasteiger partial charge in [-0.15, -0.1) is 0 Å². The average Bonchev–Trinajstić information content (AvgIpc) is 2.48. The zero-order chi connectivity index (χ0) is 15.5. The zero-order valence-corrected chi connectivity index (χ0v) is 13.6. The van der Waals surface area contributed by atoms with Gasteiger partial charge in [-0.25, -0.2) is 9.97 Å². The monoisotopic (exact) mass is 300 g/mol. The summed E-state index contributed by atoms with van der Waals surface area (Å²) in [4.78, 5) is 14.1. The molecule has 0 N–H and O–H groups in total. The van der Waals surface area contributed by atoms with Crippen LogP contribution in [0.3, 0.4) is 0 Å². The molecular formula is C17H24N4O. The maximum Gasteiger partial charge on any atom is 0.0890 e. The predicted molar refractivity (Wildman–Crippen MR) is 87.8 cm³/mol. The molecule has 0 spiro atoms. The summed E-state index contributed by atoms with van der Waals surface area (Å²) in [6.07, 6.45) is 0.275. The van der Waals surface area contributed by atoms with E-state index in [1.54, 1.807) is 0 Å². The molecule has 0 aliphatic carbocycles. The summed E-state index contributed by atoms with van der Waals surface area (Å²) in [5.41, 5.74) is 4.04.